The third-order valence-electron chi connectivity index (χ3n) is 5.19. The van der Waals surface area contributed by atoms with Crippen LogP contribution in [0.25, 0.3) is 0 Å². The summed E-state index contributed by atoms with van der Waals surface area (Å²) in [7, 11) is 0. The molecule has 1 aliphatic heterocycles. The summed E-state index contributed by atoms with van der Waals surface area (Å²) in [6.07, 6.45) is 13.1. The first kappa shape index (κ1) is 16.4. The maximum absolute atomic E-state index is 12.5. The van der Waals surface area contributed by atoms with Gasteiger partial charge in [-0.1, -0.05) is 32.1 Å². The van der Waals surface area contributed by atoms with E-state index in [-0.39, 0.29) is 12.0 Å². The summed E-state index contributed by atoms with van der Waals surface area (Å²) in [6, 6.07) is 3.97. The molecule has 2 fully saturated rings. The average Bonchev–Trinajstić information content (AvgIpc) is 2.62. The Kier molecular flexibility index (Phi) is 6.03. The predicted octanol–water partition coefficient (Wildman–Crippen LogP) is 3.21. The van der Waals surface area contributed by atoms with E-state index in [0.29, 0.717) is 13.0 Å². The van der Waals surface area contributed by atoms with Gasteiger partial charge in [-0.15, -0.1) is 0 Å². The van der Waals surface area contributed by atoms with Crippen LogP contribution < -0.4 is 0 Å². The third-order valence-corrected chi connectivity index (χ3v) is 5.19. The van der Waals surface area contributed by atoms with Gasteiger partial charge in [0.25, 0.3) is 0 Å². The van der Waals surface area contributed by atoms with E-state index in [0.717, 1.165) is 31.8 Å². The predicted molar refractivity (Wildman–Crippen MR) is 90.1 cm³/mol. The lowest BCUT2D eigenvalue weighted by molar-refractivity contribution is -0.139. The van der Waals surface area contributed by atoms with Gasteiger partial charge in [-0.2, -0.15) is 0 Å². The molecular formula is C19H28N2O2. The van der Waals surface area contributed by atoms with E-state index in [1.165, 1.54) is 37.7 Å². The van der Waals surface area contributed by atoms with Crippen LogP contribution >= 0.6 is 0 Å². The second-order valence-corrected chi connectivity index (χ2v) is 6.93. The van der Waals surface area contributed by atoms with Crippen LogP contribution in [0.4, 0.5) is 0 Å². The molecular weight excluding hydrogens is 288 g/mol. The topological polar surface area (TPSA) is 42.4 Å². The van der Waals surface area contributed by atoms with Crippen molar-refractivity contribution >= 4 is 5.91 Å². The van der Waals surface area contributed by atoms with E-state index in [1.807, 2.05) is 17.0 Å². The molecule has 1 aromatic heterocycles. The van der Waals surface area contributed by atoms with Crippen molar-refractivity contribution in [2.75, 3.05) is 19.7 Å². The second kappa shape index (κ2) is 8.44. The normalized spacial score (nSPS) is 23.0. The van der Waals surface area contributed by atoms with Crippen LogP contribution in [0.15, 0.2) is 24.5 Å². The molecule has 0 unspecified atom stereocenters. The van der Waals surface area contributed by atoms with E-state index < -0.39 is 0 Å². The van der Waals surface area contributed by atoms with Gasteiger partial charge in [0, 0.05) is 31.9 Å². The van der Waals surface area contributed by atoms with Crippen molar-refractivity contribution in [2.24, 2.45) is 5.92 Å². The molecule has 1 atom stereocenters. The van der Waals surface area contributed by atoms with E-state index in [1.54, 1.807) is 12.4 Å². The number of carbonyl (C=O) groups excluding carboxylic acids is 1. The molecule has 4 nitrogen and oxygen atoms in total. The zero-order valence-electron chi connectivity index (χ0n) is 14.0. The van der Waals surface area contributed by atoms with Gasteiger partial charge < -0.3 is 9.64 Å². The molecule has 1 amide bonds. The van der Waals surface area contributed by atoms with Crippen molar-refractivity contribution in [1.82, 2.24) is 9.88 Å². The maximum Gasteiger partial charge on any atom is 0.223 e. The first-order chi connectivity index (χ1) is 11.3. The lowest BCUT2D eigenvalue weighted by Gasteiger charge is -2.35. The zero-order chi connectivity index (χ0) is 15.9. The van der Waals surface area contributed by atoms with Crippen molar-refractivity contribution in [3.8, 4) is 0 Å². The highest BCUT2D eigenvalue weighted by molar-refractivity contribution is 5.76. The number of carbonyl (C=O) groups is 1. The fraction of sp³-hybridized carbons (Fsp3) is 0.684. The molecule has 1 saturated heterocycles. The number of hydrogen-bond acceptors (Lipinski definition) is 3. The Morgan fingerprint density at radius 1 is 1.22 bits per heavy atom. The molecule has 3 rings (SSSR count). The Morgan fingerprint density at radius 2 is 2.00 bits per heavy atom. The third kappa shape index (κ3) is 5.03. The highest BCUT2D eigenvalue weighted by Gasteiger charge is 2.26. The number of aromatic nitrogens is 1. The van der Waals surface area contributed by atoms with E-state index in [4.69, 9.17) is 4.74 Å². The summed E-state index contributed by atoms with van der Waals surface area (Å²) >= 11 is 0. The summed E-state index contributed by atoms with van der Waals surface area (Å²) in [5.74, 6) is 1.07. The van der Waals surface area contributed by atoms with Crippen molar-refractivity contribution in [3.63, 3.8) is 0 Å². The molecule has 0 aromatic carbocycles. The number of rotatable bonds is 5. The lowest BCUT2D eigenvalue weighted by Crippen LogP contribution is -2.46. The molecule has 0 N–H and O–H groups in total. The van der Waals surface area contributed by atoms with E-state index in [2.05, 4.69) is 4.98 Å². The lowest BCUT2D eigenvalue weighted by atomic mass is 9.85. The minimum atomic E-state index is 0.247. The number of morpholine rings is 1. The van der Waals surface area contributed by atoms with Crippen molar-refractivity contribution in [3.05, 3.63) is 30.1 Å². The van der Waals surface area contributed by atoms with Gasteiger partial charge >= 0.3 is 0 Å². The Morgan fingerprint density at radius 3 is 2.78 bits per heavy atom. The van der Waals surface area contributed by atoms with Gasteiger partial charge in [0.2, 0.25) is 5.91 Å². The first-order valence-electron chi connectivity index (χ1n) is 9.09. The highest BCUT2D eigenvalue weighted by atomic mass is 16.5. The quantitative estimate of drug-likeness (QED) is 0.837. The van der Waals surface area contributed by atoms with Gasteiger partial charge in [0.1, 0.15) is 0 Å². The first-order valence-corrected chi connectivity index (χ1v) is 9.09. The number of amides is 1. The van der Waals surface area contributed by atoms with Crippen LogP contribution in [0.2, 0.25) is 0 Å². The van der Waals surface area contributed by atoms with Gasteiger partial charge in [-0.25, -0.2) is 0 Å². The Hall–Kier alpha value is -1.42. The molecule has 1 aromatic rings. The number of ether oxygens (including phenoxy) is 1. The fourth-order valence-electron chi connectivity index (χ4n) is 3.84. The monoisotopic (exact) mass is 316 g/mol. The van der Waals surface area contributed by atoms with E-state index >= 15 is 0 Å². The zero-order valence-corrected chi connectivity index (χ0v) is 14.0. The number of nitrogens with zero attached hydrogens (tertiary/aromatic N) is 2. The summed E-state index contributed by atoms with van der Waals surface area (Å²) < 4.78 is 5.92. The molecule has 0 spiro atoms. The SMILES string of the molecule is O=C(CCc1ccncc1)N1CCO[C@H](CC2CCCCC2)C1. The van der Waals surface area contributed by atoms with Gasteiger partial charge in [-0.05, 0) is 36.5 Å². The van der Waals surface area contributed by atoms with Crippen LogP contribution in [0.1, 0.15) is 50.5 Å². The number of pyridine rings is 1. The molecule has 0 radical (unpaired) electrons. The summed E-state index contributed by atoms with van der Waals surface area (Å²) in [4.78, 5) is 18.5. The Labute approximate surface area is 139 Å². The van der Waals surface area contributed by atoms with Crippen molar-refractivity contribution < 1.29 is 9.53 Å². The van der Waals surface area contributed by atoms with Gasteiger partial charge in [0.05, 0.1) is 12.7 Å². The largest absolute Gasteiger partial charge is 0.375 e. The minimum absolute atomic E-state index is 0.247. The van der Waals surface area contributed by atoms with E-state index in [9.17, 15) is 4.79 Å². The van der Waals surface area contributed by atoms with Crippen LogP contribution in [0.5, 0.6) is 0 Å². The Balaban J connectivity index is 1.44. The minimum Gasteiger partial charge on any atom is -0.375 e. The summed E-state index contributed by atoms with van der Waals surface area (Å²) in [5.41, 5.74) is 1.18. The van der Waals surface area contributed by atoms with Crippen molar-refractivity contribution in [1.29, 1.82) is 0 Å². The van der Waals surface area contributed by atoms with Crippen LogP contribution in [-0.2, 0) is 16.0 Å². The Bertz CT molecular complexity index is 485. The molecule has 2 heterocycles. The molecule has 1 aliphatic carbocycles. The molecule has 126 valence electrons. The summed E-state index contributed by atoms with van der Waals surface area (Å²) in [6.45, 7) is 2.22. The fourth-order valence-corrected chi connectivity index (χ4v) is 3.84. The highest BCUT2D eigenvalue weighted by Crippen LogP contribution is 2.29. The maximum atomic E-state index is 12.5. The summed E-state index contributed by atoms with van der Waals surface area (Å²) in [5, 5.41) is 0. The van der Waals surface area contributed by atoms with Crippen LogP contribution in [0.3, 0.4) is 0 Å². The number of aryl methyl sites for hydroxylation is 1. The van der Waals surface area contributed by atoms with Crippen LogP contribution in [-0.4, -0.2) is 41.6 Å². The number of hydrogen-bond donors (Lipinski definition) is 0. The average molecular weight is 316 g/mol. The molecule has 4 heteroatoms. The molecule has 23 heavy (non-hydrogen) atoms. The standard InChI is InChI=1S/C19H28N2O2/c22-19(7-6-16-8-10-20-11-9-16)21-12-13-23-18(15-21)14-17-4-2-1-3-5-17/h8-11,17-18H,1-7,12-15H2/t18-/m1/s1. The molecule has 1 saturated carbocycles. The second-order valence-electron chi connectivity index (χ2n) is 6.93. The van der Waals surface area contributed by atoms with Crippen LogP contribution in [0, 0.1) is 5.92 Å². The molecule has 2 aliphatic rings. The smallest absolute Gasteiger partial charge is 0.223 e. The van der Waals surface area contributed by atoms with Gasteiger partial charge in [-0.3, -0.25) is 9.78 Å². The van der Waals surface area contributed by atoms with Gasteiger partial charge in [0.15, 0.2) is 0 Å². The van der Waals surface area contributed by atoms with Crippen molar-refractivity contribution in [2.45, 2.75) is 57.5 Å². The molecule has 0 bridgehead atoms.